The molecule has 3 fully saturated rings. The number of urea groups is 1. The molecule has 0 radical (unpaired) electrons. The number of rotatable bonds is 9. The number of aryl methyl sites for hydroxylation is 1. The molecule has 0 spiro atoms. The van der Waals surface area contributed by atoms with Crippen molar-refractivity contribution in [3.8, 4) is 17.2 Å². The molecule has 12 nitrogen and oxygen atoms in total. The van der Waals surface area contributed by atoms with Crippen molar-refractivity contribution in [2.24, 2.45) is 7.05 Å². The molecule has 1 saturated carbocycles. The van der Waals surface area contributed by atoms with Gasteiger partial charge in [0, 0.05) is 49.2 Å². The van der Waals surface area contributed by atoms with Gasteiger partial charge in [-0.05, 0) is 62.6 Å². The van der Waals surface area contributed by atoms with Crippen LogP contribution in [-0.4, -0.2) is 61.1 Å². The van der Waals surface area contributed by atoms with Crippen LogP contribution >= 0.6 is 0 Å². The molecular weight excluding hydrogens is 580 g/mol. The van der Waals surface area contributed by atoms with Gasteiger partial charge >= 0.3 is 6.03 Å². The summed E-state index contributed by atoms with van der Waals surface area (Å²) in [5, 5.41) is 24.0. The van der Waals surface area contributed by atoms with E-state index in [1.807, 2.05) is 60.6 Å². The van der Waals surface area contributed by atoms with E-state index in [0.29, 0.717) is 35.8 Å². The van der Waals surface area contributed by atoms with Gasteiger partial charge in [-0.3, -0.25) is 9.58 Å². The maximum absolute atomic E-state index is 13.7. The number of nitrogens with one attached hydrogen (secondary N) is 3. The molecule has 7 rings (SSSR count). The van der Waals surface area contributed by atoms with Crippen LogP contribution < -0.4 is 20.9 Å². The number of carbonyl (C=O) groups is 1. The number of ether oxygens (including phenoxy) is 1. The van der Waals surface area contributed by atoms with Gasteiger partial charge in [0.1, 0.15) is 23.3 Å². The van der Waals surface area contributed by atoms with Gasteiger partial charge < -0.3 is 20.7 Å². The molecule has 5 heterocycles. The lowest BCUT2D eigenvalue weighted by Crippen LogP contribution is -2.49. The van der Waals surface area contributed by atoms with Crippen LogP contribution in [0.5, 0.6) is 0 Å². The van der Waals surface area contributed by atoms with Crippen molar-refractivity contribution in [1.29, 1.82) is 5.26 Å². The summed E-state index contributed by atoms with van der Waals surface area (Å²) < 4.78 is 7.74. The molecule has 46 heavy (non-hydrogen) atoms. The number of carbonyl (C=O) groups excluding carboxylic acids is 1. The van der Waals surface area contributed by atoms with E-state index < -0.39 is 0 Å². The van der Waals surface area contributed by atoms with Gasteiger partial charge in [0.15, 0.2) is 0 Å². The maximum Gasteiger partial charge on any atom is 0.323 e. The van der Waals surface area contributed by atoms with E-state index in [4.69, 9.17) is 14.7 Å². The van der Waals surface area contributed by atoms with Crippen molar-refractivity contribution in [2.75, 3.05) is 15.5 Å². The topological polar surface area (TPSA) is 146 Å². The molecule has 1 aromatic carbocycles. The first-order valence-corrected chi connectivity index (χ1v) is 16.0. The van der Waals surface area contributed by atoms with Gasteiger partial charge in [0.25, 0.3) is 0 Å². The third-order valence-corrected chi connectivity index (χ3v) is 9.27. The summed E-state index contributed by atoms with van der Waals surface area (Å²) in [5.74, 6) is 1.67. The van der Waals surface area contributed by atoms with Crippen LogP contribution in [0.1, 0.15) is 56.1 Å². The van der Waals surface area contributed by atoms with E-state index in [0.717, 1.165) is 61.6 Å². The summed E-state index contributed by atoms with van der Waals surface area (Å²) in [6.07, 6.45) is 13.9. The van der Waals surface area contributed by atoms with E-state index in [2.05, 4.69) is 32.1 Å². The van der Waals surface area contributed by atoms with Crippen molar-refractivity contribution < 1.29 is 9.53 Å². The molecule has 236 valence electrons. The van der Waals surface area contributed by atoms with Gasteiger partial charge in [0.2, 0.25) is 5.95 Å². The minimum absolute atomic E-state index is 0.0255. The predicted molar refractivity (Wildman–Crippen MR) is 174 cm³/mol. The zero-order chi connectivity index (χ0) is 31.5. The van der Waals surface area contributed by atoms with Gasteiger partial charge in [-0.1, -0.05) is 30.3 Å². The molecule has 3 aromatic heterocycles. The minimum Gasteiger partial charge on any atom is -0.373 e. The highest BCUT2D eigenvalue weighted by Gasteiger charge is 2.41. The number of pyridine rings is 1. The van der Waals surface area contributed by atoms with Crippen molar-refractivity contribution in [2.45, 2.75) is 81.8 Å². The number of hydrogen-bond donors (Lipinski definition) is 3. The first kappa shape index (κ1) is 29.7. The molecule has 1 aliphatic carbocycles. The van der Waals surface area contributed by atoms with E-state index in [-0.39, 0.29) is 30.3 Å². The standard InChI is InChI=1S/C34H38N10O2/c1-43-21-25(20-39-43)23-7-14-31(36-18-23)44(34(45)38-17-22-5-3-2-4-6-22)27-10-8-26(9-11-27)40-33-37-19-24(16-35)32(42-33)41-29-15-28-12-13-30(29)46-28/h2-7,14,18-21,26-30H,8-13,15,17H2,1H3,(H,38,45)(H2,37,40,41,42)/t26-,27-,28?,29?,30?. The Hall–Kier alpha value is -5.02. The van der Waals surface area contributed by atoms with E-state index in [1.165, 1.54) is 0 Å². The van der Waals surface area contributed by atoms with Crippen molar-refractivity contribution in [3.63, 3.8) is 0 Å². The molecule has 4 aromatic rings. The molecule has 3 atom stereocenters. The fraction of sp³-hybridized carbons (Fsp3) is 0.412. The van der Waals surface area contributed by atoms with Crippen LogP contribution in [0.25, 0.3) is 11.1 Å². The summed E-state index contributed by atoms with van der Waals surface area (Å²) in [7, 11) is 1.88. The van der Waals surface area contributed by atoms with Crippen molar-refractivity contribution in [3.05, 3.63) is 78.4 Å². The Morgan fingerprint density at radius 2 is 1.85 bits per heavy atom. The smallest absolute Gasteiger partial charge is 0.323 e. The van der Waals surface area contributed by atoms with Gasteiger partial charge in [0.05, 0.1) is 30.6 Å². The monoisotopic (exact) mass is 618 g/mol. The molecular formula is C34H38N10O2. The highest BCUT2D eigenvalue weighted by atomic mass is 16.5. The van der Waals surface area contributed by atoms with Crippen LogP contribution in [0.2, 0.25) is 0 Å². The molecule has 3 aliphatic rings. The lowest BCUT2D eigenvalue weighted by atomic mass is 9.90. The third-order valence-electron chi connectivity index (χ3n) is 9.27. The van der Waals surface area contributed by atoms with Crippen LogP contribution in [-0.2, 0) is 18.3 Å². The lowest BCUT2D eigenvalue weighted by Gasteiger charge is -2.36. The number of amides is 2. The van der Waals surface area contributed by atoms with E-state index >= 15 is 0 Å². The molecule has 2 amide bonds. The Morgan fingerprint density at radius 3 is 2.52 bits per heavy atom. The van der Waals surface area contributed by atoms with Crippen molar-refractivity contribution in [1.82, 2.24) is 30.0 Å². The van der Waals surface area contributed by atoms with Crippen LogP contribution in [0.3, 0.4) is 0 Å². The predicted octanol–water partition coefficient (Wildman–Crippen LogP) is 5.02. The number of aromatic nitrogens is 5. The lowest BCUT2D eigenvalue weighted by molar-refractivity contribution is 0.102. The first-order chi connectivity index (χ1) is 22.5. The largest absolute Gasteiger partial charge is 0.373 e. The highest BCUT2D eigenvalue weighted by Crippen LogP contribution is 2.36. The average molecular weight is 619 g/mol. The number of fused-ring (bicyclic) bond motifs is 2. The number of anilines is 3. The SMILES string of the molecule is Cn1cc(-c2ccc(N(C(=O)NCc3ccccc3)[C@H]3CC[C@H](Nc4ncc(C#N)c(NC5CC6CCC5O6)n4)CC3)nc2)cn1. The highest BCUT2D eigenvalue weighted by molar-refractivity contribution is 5.91. The molecule has 12 heteroatoms. The second-order valence-electron chi connectivity index (χ2n) is 12.4. The average Bonchev–Trinajstić information content (AvgIpc) is 3.84. The Balaban J connectivity index is 1.03. The molecule has 2 aliphatic heterocycles. The Bertz CT molecular complexity index is 1700. The molecule has 2 saturated heterocycles. The first-order valence-electron chi connectivity index (χ1n) is 16.0. The van der Waals surface area contributed by atoms with Gasteiger partial charge in [-0.25, -0.2) is 14.8 Å². The summed E-state index contributed by atoms with van der Waals surface area (Å²) in [6, 6.07) is 16.1. The summed E-state index contributed by atoms with van der Waals surface area (Å²) in [4.78, 5) is 29.4. The quantitative estimate of drug-likeness (QED) is 0.235. The Labute approximate surface area is 268 Å². The number of nitriles is 1. The molecule has 3 unspecified atom stereocenters. The van der Waals surface area contributed by atoms with Crippen LogP contribution in [0.15, 0.2) is 67.3 Å². The summed E-state index contributed by atoms with van der Waals surface area (Å²) >= 11 is 0. The zero-order valence-corrected chi connectivity index (χ0v) is 25.8. The Morgan fingerprint density at radius 1 is 1.00 bits per heavy atom. The van der Waals surface area contributed by atoms with Crippen molar-refractivity contribution >= 4 is 23.6 Å². The van der Waals surface area contributed by atoms with E-state index in [9.17, 15) is 10.1 Å². The van der Waals surface area contributed by atoms with Gasteiger partial charge in [-0.2, -0.15) is 15.3 Å². The number of nitrogens with zero attached hydrogens (tertiary/aromatic N) is 7. The minimum atomic E-state index is -0.169. The summed E-state index contributed by atoms with van der Waals surface area (Å²) in [5.41, 5.74) is 3.38. The fourth-order valence-electron chi connectivity index (χ4n) is 6.85. The zero-order valence-electron chi connectivity index (χ0n) is 25.8. The van der Waals surface area contributed by atoms with E-state index in [1.54, 1.807) is 23.3 Å². The second kappa shape index (κ2) is 13.1. The van der Waals surface area contributed by atoms with Gasteiger partial charge in [-0.15, -0.1) is 0 Å². The van der Waals surface area contributed by atoms with Crippen LogP contribution in [0, 0.1) is 11.3 Å². The molecule has 2 bridgehead atoms. The van der Waals surface area contributed by atoms with Crippen LogP contribution in [0.4, 0.5) is 22.4 Å². The number of hydrogen-bond acceptors (Lipinski definition) is 9. The molecule has 3 N–H and O–H groups in total. The summed E-state index contributed by atoms with van der Waals surface area (Å²) in [6.45, 7) is 0.432. The Kier molecular flexibility index (Phi) is 8.48. The normalized spacial score (nSPS) is 23.4. The maximum atomic E-state index is 13.7. The second-order valence-corrected chi connectivity index (χ2v) is 12.4. The third kappa shape index (κ3) is 6.50. The number of benzene rings is 1. The fourth-order valence-corrected chi connectivity index (χ4v) is 6.85.